The zero-order chi connectivity index (χ0) is 15.5. The van der Waals surface area contributed by atoms with Crippen LogP contribution in [-0.4, -0.2) is 17.1 Å². The number of benzene rings is 1. The second kappa shape index (κ2) is 6.13. The normalized spacial score (nSPS) is 12.7. The molecule has 21 heavy (non-hydrogen) atoms. The van der Waals surface area contributed by atoms with Gasteiger partial charge in [-0.1, -0.05) is 6.07 Å². The molecule has 0 bridgehead atoms. The number of hydrogen-bond acceptors (Lipinski definition) is 5. The number of nitrogens with zero attached hydrogens (tertiary/aromatic N) is 1. The van der Waals surface area contributed by atoms with E-state index in [2.05, 4.69) is 10.3 Å². The van der Waals surface area contributed by atoms with Gasteiger partial charge >= 0.3 is 0 Å². The van der Waals surface area contributed by atoms with Crippen molar-refractivity contribution in [3.05, 3.63) is 35.9 Å². The van der Waals surface area contributed by atoms with Crippen LogP contribution in [0.4, 0.5) is 10.4 Å². The van der Waals surface area contributed by atoms with Gasteiger partial charge in [-0.3, -0.25) is 0 Å². The fourth-order valence-electron chi connectivity index (χ4n) is 1.74. The van der Waals surface area contributed by atoms with Gasteiger partial charge in [-0.05, 0) is 38.5 Å². The molecule has 1 aromatic carbocycles. The van der Waals surface area contributed by atoms with Crippen molar-refractivity contribution in [2.45, 2.75) is 32.9 Å². The van der Waals surface area contributed by atoms with Gasteiger partial charge in [0.2, 0.25) is 0 Å². The first-order valence-electron chi connectivity index (χ1n) is 6.71. The monoisotopic (exact) mass is 293 g/mol. The van der Waals surface area contributed by atoms with Gasteiger partial charge in [0, 0.05) is 5.54 Å². The molecule has 1 aromatic heterocycles. The topological polar surface area (TPSA) is 73.3 Å². The molecule has 1 heterocycles. The summed E-state index contributed by atoms with van der Waals surface area (Å²) in [6.07, 6.45) is 0.373. The number of halogens is 1. The quantitative estimate of drug-likeness (QED) is 0.827. The highest BCUT2D eigenvalue weighted by atomic mass is 19.1. The third-order valence-electron chi connectivity index (χ3n) is 2.68. The summed E-state index contributed by atoms with van der Waals surface area (Å²) in [5.74, 6) is 0.114. The summed E-state index contributed by atoms with van der Waals surface area (Å²) in [5, 5.41) is 3.17. The molecule has 0 unspecified atom stereocenters. The van der Waals surface area contributed by atoms with Gasteiger partial charge in [0.1, 0.15) is 24.2 Å². The molecule has 0 spiro atoms. The molecule has 2 aromatic rings. The van der Waals surface area contributed by atoms with Gasteiger partial charge in [-0.2, -0.15) is 4.98 Å². The van der Waals surface area contributed by atoms with Crippen LogP contribution in [-0.2, 0) is 11.3 Å². The molecule has 0 fully saturated rings. The van der Waals surface area contributed by atoms with E-state index >= 15 is 0 Å². The van der Waals surface area contributed by atoms with Crippen molar-refractivity contribution in [2.24, 2.45) is 5.73 Å². The standard InChI is InChI=1S/C15H20FN3O2/c1-15(2,3)19-14-18-12-5-4-10(6-13(12)21-14)9-20-11(7-16)8-17/h4-7H,8-9,17H2,1-3H3,(H,18,19)/b11-7+. The van der Waals surface area contributed by atoms with E-state index in [0.717, 1.165) is 11.1 Å². The lowest BCUT2D eigenvalue weighted by atomic mass is 10.1. The van der Waals surface area contributed by atoms with Gasteiger partial charge in [-0.15, -0.1) is 0 Å². The zero-order valence-corrected chi connectivity index (χ0v) is 12.4. The fourth-order valence-corrected chi connectivity index (χ4v) is 1.74. The first-order valence-corrected chi connectivity index (χ1v) is 6.71. The van der Waals surface area contributed by atoms with E-state index in [1.54, 1.807) is 0 Å². The van der Waals surface area contributed by atoms with Gasteiger partial charge in [0.25, 0.3) is 6.01 Å². The largest absolute Gasteiger partial charge is 0.489 e. The minimum absolute atomic E-state index is 0.0285. The highest BCUT2D eigenvalue weighted by Crippen LogP contribution is 2.23. The Morgan fingerprint density at radius 2 is 2.24 bits per heavy atom. The number of oxazole rings is 1. The Morgan fingerprint density at radius 1 is 1.48 bits per heavy atom. The summed E-state index contributed by atoms with van der Waals surface area (Å²) in [6, 6.07) is 6.00. The molecule has 0 aliphatic heterocycles. The molecule has 0 amide bonds. The molecule has 5 nitrogen and oxygen atoms in total. The molecule has 3 N–H and O–H groups in total. The third kappa shape index (κ3) is 4.19. The van der Waals surface area contributed by atoms with Crippen molar-refractivity contribution in [3.63, 3.8) is 0 Å². The lowest BCUT2D eigenvalue weighted by Crippen LogP contribution is -2.26. The van der Waals surface area contributed by atoms with Crippen LogP contribution in [0.3, 0.4) is 0 Å². The van der Waals surface area contributed by atoms with Gasteiger partial charge < -0.3 is 20.2 Å². The van der Waals surface area contributed by atoms with Crippen molar-refractivity contribution in [1.82, 2.24) is 4.98 Å². The van der Waals surface area contributed by atoms with E-state index in [1.165, 1.54) is 0 Å². The maximum absolute atomic E-state index is 12.4. The van der Waals surface area contributed by atoms with Crippen molar-refractivity contribution >= 4 is 17.1 Å². The molecule has 0 aliphatic carbocycles. The first kappa shape index (κ1) is 15.3. The molecule has 6 heteroatoms. The number of hydrogen-bond donors (Lipinski definition) is 2. The van der Waals surface area contributed by atoms with Crippen molar-refractivity contribution < 1.29 is 13.5 Å². The Labute approximate surface area is 123 Å². The van der Waals surface area contributed by atoms with Crippen LogP contribution in [0.2, 0.25) is 0 Å². The predicted molar refractivity (Wildman–Crippen MR) is 80.4 cm³/mol. The number of rotatable bonds is 5. The molecule has 0 aliphatic rings. The van der Waals surface area contributed by atoms with Crippen LogP contribution in [0.5, 0.6) is 0 Å². The van der Waals surface area contributed by atoms with E-state index < -0.39 is 0 Å². The number of ether oxygens (including phenoxy) is 1. The lowest BCUT2D eigenvalue weighted by molar-refractivity contribution is 0.191. The Hall–Kier alpha value is -2.08. The third-order valence-corrected chi connectivity index (χ3v) is 2.68. The molecule has 0 saturated heterocycles. The SMILES string of the molecule is CC(C)(C)Nc1nc2ccc(CO/C(=C/F)CN)cc2o1. The summed E-state index contributed by atoms with van der Waals surface area (Å²) < 4.78 is 23.3. The van der Waals surface area contributed by atoms with Gasteiger partial charge in [0.15, 0.2) is 5.58 Å². The van der Waals surface area contributed by atoms with E-state index in [0.29, 0.717) is 17.9 Å². The smallest absolute Gasteiger partial charge is 0.296 e. The molecule has 0 radical (unpaired) electrons. The Bertz CT molecular complexity index is 644. The second-order valence-corrected chi connectivity index (χ2v) is 5.76. The van der Waals surface area contributed by atoms with Crippen LogP contribution < -0.4 is 11.1 Å². The number of anilines is 1. The van der Waals surface area contributed by atoms with Crippen LogP contribution >= 0.6 is 0 Å². The van der Waals surface area contributed by atoms with Gasteiger partial charge in [-0.25, -0.2) is 4.39 Å². The number of nitrogens with two attached hydrogens (primary N) is 1. The second-order valence-electron chi connectivity index (χ2n) is 5.76. The average Bonchev–Trinajstić information content (AvgIpc) is 2.78. The fraction of sp³-hybridized carbons (Fsp3) is 0.400. The molecular weight excluding hydrogens is 273 g/mol. The van der Waals surface area contributed by atoms with E-state index in [-0.39, 0.29) is 24.4 Å². The molecular formula is C15H20FN3O2. The first-order chi connectivity index (χ1) is 9.91. The highest BCUT2D eigenvalue weighted by molar-refractivity contribution is 5.75. The molecule has 0 atom stereocenters. The molecule has 114 valence electrons. The Kier molecular flexibility index (Phi) is 4.47. The number of aromatic nitrogens is 1. The summed E-state index contributed by atoms with van der Waals surface area (Å²) in [7, 11) is 0. The zero-order valence-electron chi connectivity index (χ0n) is 12.4. The maximum Gasteiger partial charge on any atom is 0.296 e. The minimum atomic E-state index is -0.130. The van der Waals surface area contributed by atoms with E-state index in [4.69, 9.17) is 14.9 Å². The highest BCUT2D eigenvalue weighted by Gasteiger charge is 2.14. The van der Waals surface area contributed by atoms with E-state index in [9.17, 15) is 4.39 Å². The average molecular weight is 293 g/mol. The van der Waals surface area contributed by atoms with Crippen molar-refractivity contribution in [2.75, 3.05) is 11.9 Å². The summed E-state index contributed by atoms with van der Waals surface area (Å²) in [5.41, 5.74) is 7.46. The predicted octanol–water partition coefficient (Wildman–Crippen LogP) is 3.32. The molecule has 0 saturated carbocycles. The van der Waals surface area contributed by atoms with Crippen LogP contribution in [0.25, 0.3) is 11.1 Å². The summed E-state index contributed by atoms with van der Waals surface area (Å²) in [4.78, 5) is 4.36. The summed E-state index contributed by atoms with van der Waals surface area (Å²) >= 11 is 0. The minimum Gasteiger partial charge on any atom is -0.489 e. The number of nitrogens with one attached hydrogen (secondary N) is 1. The number of fused-ring (bicyclic) bond motifs is 1. The van der Waals surface area contributed by atoms with E-state index in [1.807, 2.05) is 39.0 Å². The summed E-state index contributed by atoms with van der Waals surface area (Å²) in [6.45, 7) is 6.34. The van der Waals surface area contributed by atoms with Crippen molar-refractivity contribution in [3.8, 4) is 0 Å². The van der Waals surface area contributed by atoms with Crippen molar-refractivity contribution in [1.29, 1.82) is 0 Å². The Morgan fingerprint density at radius 3 is 2.86 bits per heavy atom. The van der Waals surface area contributed by atoms with Gasteiger partial charge in [0.05, 0.1) is 6.54 Å². The van der Waals surface area contributed by atoms with Crippen LogP contribution in [0.15, 0.2) is 34.7 Å². The molecule has 2 rings (SSSR count). The lowest BCUT2D eigenvalue weighted by Gasteiger charge is -2.18. The maximum atomic E-state index is 12.4. The van der Waals surface area contributed by atoms with Crippen LogP contribution in [0.1, 0.15) is 26.3 Å². The van der Waals surface area contributed by atoms with Crippen LogP contribution in [0, 0.1) is 0 Å². The Balaban J connectivity index is 2.14.